The first-order valence-electron chi connectivity index (χ1n) is 7.83. The second-order valence-corrected chi connectivity index (χ2v) is 6.27. The van der Waals surface area contributed by atoms with E-state index in [-0.39, 0.29) is 17.8 Å². The average Bonchev–Trinajstić information content (AvgIpc) is 2.91. The molecule has 0 radical (unpaired) electrons. The number of benzene rings is 1. The molecule has 0 saturated carbocycles. The fraction of sp³-hybridized carbons (Fsp3) is 0.588. The summed E-state index contributed by atoms with van der Waals surface area (Å²) in [4.78, 5) is 12.6. The molecule has 0 aliphatic carbocycles. The van der Waals surface area contributed by atoms with Crippen molar-refractivity contribution in [1.82, 2.24) is 0 Å². The van der Waals surface area contributed by atoms with Crippen LogP contribution in [0.2, 0.25) is 0 Å². The molecule has 1 aliphatic heterocycles. The van der Waals surface area contributed by atoms with Gasteiger partial charge >= 0.3 is 0 Å². The summed E-state index contributed by atoms with van der Waals surface area (Å²) in [5, 5.41) is 3.02. The van der Waals surface area contributed by atoms with Crippen molar-refractivity contribution in [1.29, 1.82) is 0 Å². The highest BCUT2D eigenvalue weighted by atomic mass is 19.1. The first kappa shape index (κ1) is 16.0. The number of nitrogens with zero attached hydrogens (tertiary/aromatic N) is 1. The summed E-state index contributed by atoms with van der Waals surface area (Å²) in [7, 11) is 0. The highest BCUT2D eigenvalue weighted by molar-refractivity contribution is 5.95. The summed E-state index contributed by atoms with van der Waals surface area (Å²) in [6.07, 6.45) is 2.39. The van der Waals surface area contributed by atoms with Crippen LogP contribution in [-0.2, 0) is 4.79 Å². The molecule has 1 N–H and O–H groups in total. The fourth-order valence-corrected chi connectivity index (χ4v) is 3.53. The van der Waals surface area contributed by atoms with Crippen LogP contribution in [0.3, 0.4) is 0 Å². The van der Waals surface area contributed by atoms with Crippen LogP contribution in [0.4, 0.5) is 10.1 Å². The molecule has 1 amide bonds. The molecule has 1 atom stereocenters. The van der Waals surface area contributed by atoms with Crippen LogP contribution in [0.25, 0.3) is 0 Å². The van der Waals surface area contributed by atoms with Gasteiger partial charge in [0.2, 0.25) is 0 Å². The molecular weight excluding hydrogens is 267 g/mol. The minimum Gasteiger partial charge on any atom is -0.320 e. The van der Waals surface area contributed by atoms with E-state index >= 15 is 0 Å². The molecule has 0 spiro atoms. The molecular formula is C17H26FN2O+. The Morgan fingerprint density at radius 1 is 1.29 bits per heavy atom. The molecule has 0 aromatic heterocycles. The summed E-state index contributed by atoms with van der Waals surface area (Å²) in [6.45, 7) is 11.0. The number of carbonyl (C=O) groups is 1. The minimum absolute atomic E-state index is 0.0385. The van der Waals surface area contributed by atoms with Crippen molar-refractivity contribution < 1.29 is 13.7 Å². The predicted molar refractivity (Wildman–Crippen MR) is 83.7 cm³/mol. The van der Waals surface area contributed by atoms with E-state index in [4.69, 9.17) is 0 Å². The topological polar surface area (TPSA) is 29.1 Å². The van der Waals surface area contributed by atoms with Crippen LogP contribution in [0, 0.1) is 19.7 Å². The Bertz CT molecular complexity index is 513. The Hall–Kier alpha value is -1.42. The number of aryl methyl sites for hydroxylation is 2. The lowest BCUT2D eigenvalue weighted by molar-refractivity contribution is -0.928. The van der Waals surface area contributed by atoms with Gasteiger partial charge in [0.25, 0.3) is 5.91 Å². The van der Waals surface area contributed by atoms with Gasteiger partial charge in [-0.2, -0.15) is 0 Å². The normalized spacial score (nSPS) is 18.5. The molecule has 1 saturated heterocycles. The number of hydrogen-bond donors (Lipinski definition) is 1. The number of anilines is 1. The summed E-state index contributed by atoms with van der Waals surface area (Å²) >= 11 is 0. The number of nitrogens with one attached hydrogen (secondary N) is 1. The average molecular weight is 293 g/mol. The zero-order chi connectivity index (χ0) is 15.6. The Morgan fingerprint density at radius 3 is 2.29 bits per heavy atom. The molecule has 1 heterocycles. The smallest absolute Gasteiger partial charge is 0.282 e. The van der Waals surface area contributed by atoms with Crippen molar-refractivity contribution in [3.63, 3.8) is 0 Å². The Kier molecular flexibility index (Phi) is 4.67. The van der Waals surface area contributed by atoms with E-state index in [0.29, 0.717) is 0 Å². The minimum atomic E-state index is -0.257. The zero-order valence-electron chi connectivity index (χ0n) is 13.5. The highest BCUT2D eigenvalue weighted by Gasteiger charge is 2.39. The van der Waals surface area contributed by atoms with Crippen LogP contribution in [0.15, 0.2) is 12.1 Å². The monoisotopic (exact) mass is 293 g/mol. The van der Waals surface area contributed by atoms with Crippen molar-refractivity contribution in [2.45, 2.75) is 46.6 Å². The molecule has 116 valence electrons. The zero-order valence-corrected chi connectivity index (χ0v) is 13.5. The second-order valence-electron chi connectivity index (χ2n) is 6.27. The van der Waals surface area contributed by atoms with Crippen LogP contribution in [0.5, 0.6) is 0 Å². The third kappa shape index (κ3) is 3.10. The standard InChI is InChI=1S/C17H25FN2O/c1-5-20(8-6-7-9-20)14(4)17(21)19-16-12(2)10-15(18)11-13(16)3/h10-11,14H,5-9H2,1-4H3/p+1. The maximum atomic E-state index is 13.3. The van der Waals surface area contributed by atoms with Crippen molar-refractivity contribution in [2.24, 2.45) is 0 Å². The lowest BCUT2D eigenvalue weighted by atomic mass is 10.1. The first-order valence-corrected chi connectivity index (χ1v) is 7.83. The SMILES string of the molecule is CC[N+]1(C(C)C(=O)Nc2c(C)cc(F)cc2C)CCCC1. The van der Waals surface area contributed by atoms with Crippen molar-refractivity contribution in [2.75, 3.05) is 25.0 Å². The van der Waals surface area contributed by atoms with Gasteiger partial charge in [0, 0.05) is 18.5 Å². The van der Waals surface area contributed by atoms with E-state index in [1.54, 1.807) is 0 Å². The second kappa shape index (κ2) is 6.14. The van der Waals surface area contributed by atoms with Gasteiger partial charge < -0.3 is 9.80 Å². The first-order chi connectivity index (χ1) is 9.89. The quantitative estimate of drug-likeness (QED) is 0.847. The summed E-state index contributed by atoms with van der Waals surface area (Å²) < 4.78 is 14.2. The van der Waals surface area contributed by atoms with Crippen molar-refractivity contribution >= 4 is 11.6 Å². The van der Waals surface area contributed by atoms with Gasteiger partial charge in [-0.3, -0.25) is 4.79 Å². The predicted octanol–water partition coefficient (Wildman–Crippen LogP) is 3.40. The third-order valence-electron chi connectivity index (χ3n) is 5.03. The number of amides is 1. The maximum Gasteiger partial charge on any atom is 0.282 e. The lowest BCUT2D eigenvalue weighted by Crippen LogP contribution is -2.56. The van der Waals surface area contributed by atoms with Gasteiger partial charge in [-0.15, -0.1) is 0 Å². The number of hydrogen-bond acceptors (Lipinski definition) is 1. The fourth-order valence-electron chi connectivity index (χ4n) is 3.53. The summed E-state index contributed by atoms with van der Waals surface area (Å²) in [6, 6.07) is 2.86. The molecule has 1 fully saturated rings. The van der Waals surface area contributed by atoms with E-state index in [1.165, 1.54) is 25.0 Å². The molecule has 1 aromatic carbocycles. The van der Waals surface area contributed by atoms with Crippen molar-refractivity contribution in [3.8, 4) is 0 Å². The lowest BCUT2D eigenvalue weighted by Gasteiger charge is -2.38. The van der Waals surface area contributed by atoms with Gasteiger partial charge in [-0.1, -0.05) is 0 Å². The van der Waals surface area contributed by atoms with E-state index in [9.17, 15) is 9.18 Å². The Labute approximate surface area is 126 Å². The molecule has 3 nitrogen and oxygen atoms in total. The summed E-state index contributed by atoms with van der Waals surface area (Å²) in [5.41, 5.74) is 2.30. The Balaban J connectivity index is 2.18. The van der Waals surface area contributed by atoms with Gasteiger partial charge in [0.1, 0.15) is 5.82 Å². The van der Waals surface area contributed by atoms with Crippen molar-refractivity contribution in [3.05, 3.63) is 29.1 Å². The van der Waals surface area contributed by atoms with E-state index in [1.807, 2.05) is 20.8 Å². The molecule has 2 rings (SSSR count). The van der Waals surface area contributed by atoms with Gasteiger partial charge in [-0.25, -0.2) is 4.39 Å². The number of likely N-dealkylation sites (N-methyl/N-ethyl adjacent to an activating group) is 1. The number of rotatable bonds is 4. The largest absolute Gasteiger partial charge is 0.320 e. The number of carbonyl (C=O) groups excluding carboxylic acids is 1. The summed E-state index contributed by atoms with van der Waals surface area (Å²) in [5.74, 6) is -0.218. The molecule has 1 unspecified atom stereocenters. The van der Waals surface area contributed by atoms with Gasteiger partial charge in [0.15, 0.2) is 6.04 Å². The van der Waals surface area contributed by atoms with E-state index in [0.717, 1.165) is 40.9 Å². The maximum absolute atomic E-state index is 13.3. The Morgan fingerprint density at radius 2 is 1.81 bits per heavy atom. The molecule has 4 heteroatoms. The van der Waals surface area contributed by atoms with E-state index < -0.39 is 0 Å². The van der Waals surface area contributed by atoms with E-state index in [2.05, 4.69) is 12.2 Å². The number of quaternary nitrogens is 1. The molecule has 0 bridgehead atoms. The molecule has 1 aromatic rings. The van der Waals surface area contributed by atoms with Crippen LogP contribution in [0.1, 0.15) is 37.8 Å². The number of halogens is 1. The highest BCUT2D eigenvalue weighted by Crippen LogP contribution is 2.26. The molecule has 1 aliphatic rings. The van der Waals surface area contributed by atoms with Crippen LogP contribution in [-0.4, -0.2) is 36.1 Å². The number of likely N-dealkylation sites (tertiary alicyclic amines) is 1. The molecule has 21 heavy (non-hydrogen) atoms. The van der Waals surface area contributed by atoms with Gasteiger partial charge in [0.05, 0.1) is 19.6 Å². The van der Waals surface area contributed by atoms with Gasteiger partial charge in [-0.05, 0) is 51.0 Å². The third-order valence-corrected chi connectivity index (χ3v) is 5.03. The van der Waals surface area contributed by atoms with Crippen LogP contribution < -0.4 is 5.32 Å². The van der Waals surface area contributed by atoms with Crippen LogP contribution >= 0.6 is 0 Å².